The van der Waals surface area contributed by atoms with Gasteiger partial charge in [0, 0.05) is 70.5 Å². The lowest BCUT2D eigenvalue weighted by Crippen LogP contribution is -2.53. The third-order valence-electron chi connectivity index (χ3n) is 6.65. The van der Waals surface area contributed by atoms with Gasteiger partial charge in [-0.1, -0.05) is 13.0 Å². The fraction of sp³-hybridized carbons (Fsp3) is 0.667. The molecule has 1 spiro atoms. The number of nitrogens with zero attached hydrogens (tertiary/aromatic N) is 4. The average molecular weight is 386 g/mol. The van der Waals surface area contributed by atoms with Gasteiger partial charge in [0.05, 0.1) is 5.92 Å². The molecule has 7 nitrogen and oxygen atoms in total. The molecule has 2 amide bonds. The molecular formula is C21H30N4O3. The van der Waals surface area contributed by atoms with E-state index in [9.17, 15) is 9.59 Å². The third kappa shape index (κ3) is 3.60. The van der Waals surface area contributed by atoms with Crippen LogP contribution in [0.3, 0.4) is 0 Å². The minimum atomic E-state index is -0.113. The number of aromatic nitrogens is 1. The zero-order valence-electron chi connectivity index (χ0n) is 16.7. The van der Waals surface area contributed by atoms with Crippen LogP contribution in [-0.2, 0) is 14.3 Å². The standard InChI is InChI=1S/C21H30N4O3/c1-2-19(26)25-15-17(21(16-25)6-13-28-14-7-21)20(27)24-11-9-23(10-12-24)18-5-3-4-8-22-18/h3-5,8,17H,2,6-7,9-16H2,1H3. The lowest BCUT2D eigenvalue weighted by Gasteiger charge is -2.41. The minimum absolute atomic E-state index is 0.103. The molecule has 0 saturated carbocycles. The highest BCUT2D eigenvalue weighted by Gasteiger charge is 2.52. The second-order valence-electron chi connectivity index (χ2n) is 8.16. The van der Waals surface area contributed by atoms with Crippen LogP contribution >= 0.6 is 0 Å². The topological polar surface area (TPSA) is 66.0 Å². The van der Waals surface area contributed by atoms with E-state index in [1.54, 1.807) is 6.20 Å². The van der Waals surface area contributed by atoms with Gasteiger partial charge in [-0.2, -0.15) is 0 Å². The predicted molar refractivity (Wildman–Crippen MR) is 106 cm³/mol. The predicted octanol–water partition coefficient (Wildman–Crippen LogP) is 1.40. The van der Waals surface area contributed by atoms with Gasteiger partial charge >= 0.3 is 0 Å². The van der Waals surface area contributed by atoms with E-state index in [2.05, 4.69) is 9.88 Å². The van der Waals surface area contributed by atoms with E-state index in [0.717, 1.165) is 31.7 Å². The van der Waals surface area contributed by atoms with Gasteiger partial charge in [-0.15, -0.1) is 0 Å². The van der Waals surface area contributed by atoms with Crippen molar-refractivity contribution in [1.29, 1.82) is 0 Å². The van der Waals surface area contributed by atoms with E-state index < -0.39 is 0 Å². The molecule has 3 fully saturated rings. The number of hydrogen-bond acceptors (Lipinski definition) is 5. The van der Waals surface area contributed by atoms with Crippen LogP contribution < -0.4 is 4.90 Å². The molecule has 152 valence electrons. The smallest absolute Gasteiger partial charge is 0.228 e. The number of carbonyl (C=O) groups is 2. The number of anilines is 1. The maximum absolute atomic E-state index is 13.5. The van der Waals surface area contributed by atoms with E-state index in [1.165, 1.54) is 0 Å². The van der Waals surface area contributed by atoms with Crippen molar-refractivity contribution >= 4 is 17.6 Å². The number of piperazine rings is 1. The number of ether oxygens (including phenoxy) is 1. The highest BCUT2D eigenvalue weighted by atomic mass is 16.5. The largest absolute Gasteiger partial charge is 0.381 e. The summed E-state index contributed by atoms with van der Waals surface area (Å²) in [5.41, 5.74) is -0.113. The Balaban J connectivity index is 1.45. The summed E-state index contributed by atoms with van der Waals surface area (Å²) in [5.74, 6) is 1.24. The molecule has 0 aliphatic carbocycles. The molecule has 28 heavy (non-hydrogen) atoms. The van der Waals surface area contributed by atoms with Crippen LogP contribution in [-0.4, -0.2) is 79.1 Å². The first-order chi connectivity index (χ1) is 13.6. The average Bonchev–Trinajstić information content (AvgIpc) is 3.12. The van der Waals surface area contributed by atoms with E-state index >= 15 is 0 Å². The highest BCUT2D eigenvalue weighted by Crippen LogP contribution is 2.45. The Hall–Kier alpha value is -2.15. The van der Waals surface area contributed by atoms with Gasteiger partial charge in [-0.05, 0) is 25.0 Å². The summed E-state index contributed by atoms with van der Waals surface area (Å²) >= 11 is 0. The van der Waals surface area contributed by atoms with Crippen LogP contribution in [0.2, 0.25) is 0 Å². The summed E-state index contributed by atoms with van der Waals surface area (Å²) in [4.78, 5) is 36.4. The second kappa shape index (κ2) is 8.07. The number of amides is 2. The monoisotopic (exact) mass is 386 g/mol. The fourth-order valence-corrected chi connectivity index (χ4v) is 4.92. The molecule has 1 aromatic heterocycles. The molecule has 0 bridgehead atoms. The molecular weight excluding hydrogens is 356 g/mol. The maximum atomic E-state index is 13.5. The Labute approximate surface area is 166 Å². The van der Waals surface area contributed by atoms with Gasteiger partial charge in [0.15, 0.2) is 0 Å². The Bertz CT molecular complexity index is 697. The molecule has 1 atom stereocenters. The molecule has 0 aromatic carbocycles. The molecule has 0 N–H and O–H groups in total. The van der Waals surface area contributed by atoms with Crippen LogP contribution in [0.5, 0.6) is 0 Å². The number of hydrogen-bond donors (Lipinski definition) is 0. The van der Waals surface area contributed by atoms with Crippen molar-refractivity contribution in [1.82, 2.24) is 14.8 Å². The van der Waals surface area contributed by atoms with Gasteiger partial charge in [0.2, 0.25) is 11.8 Å². The van der Waals surface area contributed by atoms with Crippen LogP contribution in [0.25, 0.3) is 0 Å². The number of pyridine rings is 1. The maximum Gasteiger partial charge on any atom is 0.228 e. The summed E-state index contributed by atoms with van der Waals surface area (Å²) in [6.07, 6.45) is 4.03. The van der Waals surface area contributed by atoms with Gasteiger partial charge in [0.1, 0.15) is 5.82 Å². The first-order valence-corrected chi connectivity index (χ1v) is 10.4. The highest BCUT2D eigenvalue weighted by molar-refractivity contribution is 5.83. The first-order valence-electron chi connectivity index (χ1n) is 10.4. The zero-order valence-corrected chi connectivity index (χ0v) is 16.7. The molecule has 1 unspecified atom stereocenters. The lowest BCUT2D eigenvalue weighted by atomic mass is 9.71. The molecule has 3 saturated heterocycles. The SMILES string of the molecule is CCC(=O)N1CC(C(=O)N2CCN(c3ccccn3)CC2)C2(CCOCC2)C1. The van der Waals surface area contributed by atoms with Gasteiger partial charge in [0.25, 0.3) is 0 Å². The quantitative estimate of drug-likeness (QED) is 0.786. The Morgan fingerprint density at radius 1 is 1.14 bits per heavy atom. The van der Waals surface area contributed by atoms with E-state index in [-0.39, 0.29) is 23.1 Å². The third-order valence-corrected chi connectivity index (χ3v) is 6.65. The van der Waals surface area contributed by atoms with Crippen molar-refractivity contribution in [3.05, 3.63) is 24.4 Å². The molecule has 3 aliphatic heterocycles. The van der Waals surface area contributed by atoms with Crippen LogP contribution in [0.1, 0.15) is 26.2 Å². The van der Waals surface area contributed by atoms with E-state index in [4.69, 9.17) is 4.74 Å². The fourth-order valence-electron chi connectivity index (χ4n) is 4.92. The molecule has 7 heteroatoms. The Morgan fingerprint density at radius 2 is 1.89 bits per heavy atom. The van der Waals surface area contributed by atoms with Crippen LogP contribution in [0.4, 0.5) is 5.82 Å². The molecule has 0 radical (unpaired) electrons. The summed E-state index contributed by atoms with van der Waals surface area (Å²) < 4.78 is 5.57. The lowest BCUT2D eigenvalue weighted by molar-refractivity contribution is -0.141. The van der Waals surface area contributed by atoms with Crippen LogP contribution in [0.15, 0.2) is 24.4 Å². The van der Waals surface area contributed by atoms with E-state index in [1.807, 2.05) is 34.9 Å². The van der Waals surface area contributed by atoms with Crippen molar-refractivity contribution < 1.29 is 14.3 Å². The second-order valence-corrected chi connectivity index (χ2v) is 8.16. The Morgan fingerprint density at radius 3 is 2.54 bits per heavy atom. The van der Waals surface area contributed by atoms with Crippen LogP contribution in [0, 0.1) is 11.3 Å². The molecule has 4 rings (SSSR count). The van der Waals surface area contributed by atoms with Gasteiger partial charge < -0.3 is 19.4 Å². The van der Waals surface area contributed by atoms with Crippen molar-refractivity contribution in [3.8, 4) is 0 Å². The van der Waals surface area contributed by atoms with Crippen molar-refractivity contribution in [2.24, 2.45) is 11.3 Å². The van der Waals surface area contributed by atoms with E-state index in [0.29, 0.717) is 45.8 Å². The number of rotatable bonds is 3. The Kier molecular flexibility index (Phi) is 5.53. The van der Waals surface area contributed by atoms with Crippen molar-refractivity contribution in [3.63, 3.8) is 0 Å². The van der Waals surface area contributed by atoms with Crippen molar-refractivity contribution in [2.75, 3.05) is 57.4 Å². The summed E-state index contributed by atoms with van der Waals surface area (Å²) in [6.45, 7) is 7.54. The molecule has 3 aliphatic rings. The first kappa shape index (κ1) is 19.2. The number of carbonyl (C=O) groups excluding carboxylic acids is 2. The normalized spacial score (nSPS) is 24.6. The van der Waals surface area contributed by atoms with Gasteiger partial charge in [-0.25, -0.2) is 4.98 Å². The summed E-state index contributed by atoms with van der Waals surface area (Å²) in [7, 11) is 0. The van der Waals surface area contributed by atoms with Crippen molar-refractivity contribution in [2.45, 2.75) is 26.2 Å². The number of likely N-dealkylation sites (tertiary alicyclic amines) is 1. The summed E-state index contributed by atoms with van der Waals surface area (Å²) in [6, 6.07) is 5.92. The molecule has 1 aromatic rings. The van der Waals surface area contributed by atoms with Gasteiger partial charge in [-0.3, -0.25) is 9.59 Å². The minimum Gasteiger partial charge on any atom is -0.381 e. The zero-order chi connectivity index (χ0) is 19.6. The summed E-state index contributed by atoms with van der Waals surface area (Å²) in [5, 5.41) is 0. The molecule has 4 heterocycles.